The van der Waals surface area contributed by atoms with Crippen molar-refractivity contribution in [1.82, 2.24) is 29.5 Å². The lowest BCUT2D eigenvalue weighted by molar-refractivity contribution is -0.127. The Morgan fingerprint density at radius 2 is 1.94 bits per heavy atom. The van der Waals surface area contributed by atoms with Crippen molar-refractivity contribution in [2.75, 3.05) is 25.5 Å². The first-order chi connectivity index (χ1) is 22.7. The molecule has 11 nitrogen and oxygen atoms in total. The second-order valence-electron chi connectivity index (χ2n) is 13.0. The van der Waals surface area contributed by atoms with Gasteiger partial charge in [-0.3, -0.25) is 9.69 Å². The van der Waals surface area contributed by atoms with E-state index >= 15 is 4.39 Å². The van der Waals surface area contributed by atoms with Crippen molar-refractivity contribution in [3.63, 3.8) is 0 Å². The Hall–Kier alpha value is -4.86. The fourth-order valence-corrected chi connectivity index (χ4v) is 6.91. The third-order valence-electron chi connectivity index (χ3n) is 9.22. The van der Waals surface area contributed by atoms with Crippen LogP contribution in [0.4, 0.5) is 10.2 Å². The minimum absolute atomic E-state index is 0.130. The zero-order valence-electron chi connectivity index (χ0n) is 26.5. The number of carbonyl (C=O) groups is 1. The lowest BCUT2D eigenvalue weighted by atomic mass is 9.95. The molecule has 0 radical (unpaired) electrons. The van der Waals surface area contributed by atoms with Crippen molar-refractivity contribution < 1.29 is 18.7 Å². The van der Waals surface area contributed by atoms with E-state index in [0.717, 1.165) is 25.7 Å². The second kappa shape index (κ2) is 12.4. The second-order valence-corrected chi connectivity index (χ2v) is 13.0. The number of fused-ring (bicyclic) bond motifs is 1. The van der Waals surface area contributed by atoms with Crippen LogP contribution in [0.5, 0.6) is 11.5 Å². The van der Waals surface area contributed by atoms with Gasteiger partial charge in [-0.25, -0.2) is 19.0 Å². The Bertz CT molecular complexity index is 1880. The Kier molecular flexibility index (Phi) is 8.11. The van der Waals surface area contributed by atoms with Gasteiger partial charge in [0.2, 0.25) is 0 Å². The highest BCUT2D eigenvalue weighted by Gasteiger charge is 2.45. The number of anilines is 1. The summed E-state index contributed by atoms with van der Waals surface area (Å²) in [5.41, 5.74) is 6.92. The highest BCUT2D eigenvalue weighted by Crippen LogP contribution is 2.38. The molecule has 3 aliphatic rings. The average molecular weight is 637 g/mol. The van der Waals surface area contributed by atoms with Crippen molar-refractivity contribution >= 4 is 22.8 Å². The van der Waals surface area contributed by atoms with Gasteiger partial charge in [0.1, 0.15) is 46.8 Å². The number of para-hydroxylation sites is 1. The number of hydrogen-bond donors (Lipinski definition) is 1. The Morgan fingerprint density at radius 3 is 2.62 bits per heavy atom. The van der Waals surface area contributed by atoms with Crippen molar-refractivity contribution in [2.24, 2.45) is 0 Å². The van der Waals surface area contributed by atoms with Crippen molar-refractivity contribution in [3.05, 3.63) is 72.3 Å². The van der Waals surface area contributed by atoms with Crippen molar-refractivity contribution in [3.8, 4) is 28.8 Å². The highest BCUT2D eigenvalue weighted by atomic mass is 19.1. The number of rotatable bonds is 10. The smallest absolute Gasteiger partial charge is 0.264 e. The quantitative estimate of drug-likeness (QED) is 0.187. The van der Waals surface area contributed by atoms with E-state index in [2.05, 4.69) is 34.8 Å². The monoisotopic (exact) mass is 636 g/mol. The van der Waals surface area contributed by atoms with Gasteiger partial charge in [0.15, 0.2) is 5.65 Å². The van der Waals surface area contributed by atoms with Crippen LogP contribution >= 0.6 is 0 Å². The van der Waals surface area contributed by atoms with Gasteiger partial charge in [-0.2, -0.15) is 10.4 Å². The third kappa shape index (κ3) is 6.04. The maximum atomic E-state index is 15.6. The molecule has 1 atom stereocenters. The van der Waals surface area contributed by atoms with Crippen LogP contribution in [0.1, 0.15) is 39.5 Å². The van der Waals surface area contributed by atoms with Gasteiger partial charge in [-0.05, 0) is 69.9 Å². The maximum absolute atomic E-state index is 15.6. The summed E-state index contributed by atoms with van der Waals surface area (Å²) in [4.78, 5) is 26.7. The van der Waals surface area contributed by atoms with E-state index in [1.165, 1.54) is 12.4 Å². The predicted octanol–water partition coefficient (Wildman–Crippen LogP) is 5.09. The SMILES string of the molecule is CC(C)(/C=C(/C#N)C(=O)N1CCCC1Cn1nc(-c2ccc(Oc3ccccc3)cc2F)c2c(N)ncnc21)N(C1CC1)C1COC1. The summed E-state index contributed by atoms with van der Waals surface area (Å²) in [5, 5.41) is 15.4. The number of nitrogen functional groups attached to an aromatic ring is 1. The Balaban J connectivity index is 1.15. The molecule has 242 valence electrons. The van der Waals surface area contributed by atoms with Gasteiger partial charge in [0.05, 0.1) is 37.2 Å². The molecule has 3 fully saturated rings. The Labute approximate surface area is 272 Å². The number of nitriles is 1. The number of benzene rings is 2. The minimum Gasteiger partial charge on any atom is -0.457 e. The van der Waals surface area contributed by atoms with E-state index in [1.807, 2.05) is 24.3 Å². The molecular formula is C35H37FN8O3. The maximum Gasteiger partial charge on any atom is 0.264 e. The van der Waals surface area contributed by atoms with E-state index in [9.17, 15) is 10.1 Å². The molecule has 0 spiro atoms. The highest BCUT2D eigenvalue weighted by molar-refractivity contribution is 5.99. The van der Waals surface area contributed by atoms with Crippen LogP contribution in [-0.4, -0.2) is 78.9 Å². The molecule has 0 bridgehead atoms. The van der Waals surface area contributed by atoms with Gasteiger partial charge in [-0.1, -0.05) is 18.2 Å². The number of carbonyl (C=O) groups excluding carboxylic acids is 1. The molecule has 47 heavy (non-hydrogen) atoms. The van der Waals surface area contributed by atoms with Crippen LogP contribution in [0.15, 0.2) is 66.5 Å². The molecule has 12 heteroatoms. The molecule has 4 aromatic rings. The first kappa shape index (κ1) is 30.8. The van der Waals surface area contributed by atoms with Crippen LogP contribution in [-0.2, 0) is 16.1 Å². The fourth-order valence-electron chi connectivity index (χ4n) is 6.91. The molecule has 2 aromatic carbocycles. The molecule has 2 saturated heterocycles. The number of aromatic nitrogens is 4. The number of hydrogen-bond acceptors (Lipinski definition) is 9. The minimum atomic E-state index is -0.536. The number of nitrogens with zero attached hydrogens (tertiary/aromatic N) is 7. The zero-order valence-corrected chi connectivity index (χ0v) is 26.5. The van der Waals surface area contributed by atoms with Crippen LogP contribution in [0.25, 0.3) is 22.3 Å². The molecule has 2 aromatic heterocycles. The summed E-state index contributed by atoms with van der Waals surface area (Å²) in [6, 6.07) is 16.4. The third-order valence-corrected chi connectivity index (χ3v) is 9.22. The fraction of sp³-hybridized carbons (Fsp3) is 0.400. The first-order valence-corrected chi connectivity index (χ1v) is 16.0. The van der Waals surface area contributed by atoms with Crippen molar-refractivity contribution in [1.29, 1.82) is 5.26 Å². The number of nitrogens with two attached hydrogens (primary N) is 1. The van der Waals surface area contributed by atoms with Gasteiger partial charge >= 0.3 is 0 Å². The van der Waals surface area contributed by atoms with E-state index in [1.54, 1.807) is 33.8 Å². The molecule has 1 aliphatic carbocycles. The van der Waals surface area contributed by atoms with E-state index in [0.29, 0.717) is 60.6 Å². The molecule has 7 rings (SSSR count). The number of ether oxygens (including phenoxy) is 2. The van der Waals surface area contributed by atoms with E-state index in [-0.39, 0.29) is 34.9 Å². The van der Waals surface area contributed by atoms with E-state index < -0.39 is 11.4 Å². The first-order valence-electron chi connectivity index (χ1n) is 16.0. The lowest BCUT2D eigenvalue weighted by Gasteiger charge is -2.46. The van der Waals surface area contributed by atoms with Crippen molar-refractivity contribution in [2.45, 2.75) is 69.7 Å². The number of amides is 1. The summed E-state index contributed by atoms with van der Waals surface area (Å²) >= 11 is 0. The molecule has 1 saturated carbocycles. The molecule has 1 amide bonds. The summed E-state index contributed by atoms with van der Waals surface area (Å²) in [5.74, 6) is 0.277. The molecule has 2 N–H and O–H groups in total. The summed E-state index contributed by atoms with van der Waals surface area (Å²) in [7, 11) is 0. The van der Waals surface area contributed by atoms with Gasteiger partial charge in [0.25, 0.3) is 5.91 Å². The van der Waals surface area contributed by atoms with Gasteiger partial charge in [0, 0.05) is 29.8 Å². The summed E-state index contributed by atoms with van der Waals surface area (Å²) < 4.78 is 28.6. The standard InChI is InChI=1S/C35H37FN8O3/c1-35(2,44(23-10-11-23)25-19-46-20-25)16-22(17-37)34(45)42-14-6-7-24(42)18-43-33-30(32(38)39-21-40-33)31(41-43)28-13-12-27(15-29(28)36)47-26-8-4-3-5-9-26/h3-5,8-9,12-13,15-16,21,23-25H,6-7,10-11,14,18-20H2,1-2H3,(H2,38,39,40)/b22-16-. The van der Waals surface area contributed by atoms with E-state index in [4.69, 9.17) is 20.3 Å². The van der Waals surface area contributed by atoms with Crippen LogP contribution in [0.2, 0.25) is 0 Å². The number of halogens is 1. The summed E-state index contributed by atoms with van der Waals surface area (Å²) in [6.07, 6.45) is 6.90. The summed E-state index contributed by atoms with van der Waals surface area (Å²) in [6.45, 7) is 6.29. The largest absolute Gasteiger partial charge is 0.457 e. The average Bonchev–Trinajstić information content (AvgIpc) is 3.64. The molecule has 4 heterocycles. The van der Waals surface area contributed by atoms with Gasteiger partial charge in [-0.15, -0.1) is 0 Å². The Morgan fingerprint density at radius 1 is 1.15 bits per heavy atom. The number of likely N-dealkylation sites (tertiary alicyclic amines) is 1. The lowest BCUT2D eigenvalue weighted by Crippen LogP contribution is -2.58. The van der Waals surface area contributed by atoms with Gasteiger partial charge < -0.3 is 20.1 Å². The topological polar surface area (TPSA) is 135 Å². The molecule has 1 unspecified atom stereocenters. The molecule has 2 aliphatic heterocycles. The van der Waals surface area contributed by atoms with Crippen LogP contribution < -0.4 is 10.5 Å². The normalized spacial score (nSPS) is 18.8. The molecular weight excluding hydrogens is 599 g/mol. The van der Waals surface area contributed by atoms with Crippen LogP contribution in [0.3, 0.4) is 0 Å². The van der Waals surface area contributed by atoms with Crippen LogP contribution in [0, 0.1) is 17.1 Å². The predicted molar refractivity (Wildman–Crippen MR) is 174 cm³/mol. The zero-order chi connectivity index (χ0) is 32.7.